The van der Waals surface area contributed by atoms with Gasteiger partial charge in [0.25, 0.3) is 0 Å². The van der Waals surface area contributed by atoms with E-state index < -0.39 is 17.6 Å². The highest BCUT2D eigenvalue weighted by atomic mass is 79.9. The van der Waals surface area contributed by atoms with Gasteiger partial charge in [0.05, 0.1) is 5.56 Å². The summed E-state index contributed by atoms with van der Waals surface area (Å²) in [6.07, 6.45) is 0. The number of ether oxygens (including phenoxy) is 1. The molecule has 0 radical (unpaired) electrons. The van der Waals surface area contributed by atoms with E-state index in [-0.39, 0.29) is 17.9 Å². The van der Waals surface area contributed by atoms with Crippen LogP contribution in [0.4, 0.5) is 14.5 Å². The van der Waals surface area contributed by atoms with Crippen LogP contribution in [0.15, 0.2) is 28.1 Å². The third-order valence-electron chi connectivity index (χ3n) is 2.28. The Morgan fingerprint density at radius 1 is 1.32 bits per heavy atom. The molecule has 0 unspecified atom stereocenters. The Morgan fingerprint density at radius 2 is 2.00 bits per heavy atom. The van der Waals surface area contributed by atoms with E-state index in [4.69, 9.17) is 10.5 Å². The molecule has 7 heteroatoms. The molecule has 0 amide bonds. The number of carbonyl (C=O) groups excluding carboxylic acids is 1. The lowest BCUT2D eigenvalue weighted by atomic mass is 10.1. The molecule has 1 heterocycles. The largest absolute Gasteiger partial charge is 0.456 e. The first-order chi connectivity index (χ1) is 8.97. The average Bonchev–Trinajstić information content (AvgIpc) is 2.77. The van der Waals surface area contributed by atoms with Crippen molar-refractivity contribution in [3.05, 3.63) is 50.1 Å². The van der Waals surface area contributed by atoms with Crippen molar-refractivity contribution >= 4 is 38.9 Å². The van der Waals surface area contributed by atoms with Crippen LogP contribution in [0.2, 0.25) is 0 Å². The van der Waals surface area contributed by atoms with Crippen LogP contribution in [0.1, 0.15) is 15.2 Å². The first-order valence-electron chi connectivity index (χ1n) is 5.12. The Bertz CT molecular complexity index is 630. The van der Waals surface area contributed by atoms with Gasteiger partial charge < -0.3 is 10.5 Å². The van der Waals surface area contributed by atoms with Crippen molar-refractivity contribution in [2.75, 3.05) is 5.73 Å². The quantitative estimate of drug-likeness (QED) is 0.679. The van der Waals surface area contributed by atoms with Crippen LogP contribution in [0, 0.1) is 11.6 Å². The van der Waals surface area contributed by atoms with Gasteiger partial charge in [-0.05, 0) is 28.1 Å². The van der Waals surface area contributed by atoms with Gasteiger partial charge in [0.2, 0.25) is 0 Å². The van der Waals surface area contributed by atoms with Gasteiger partial charge in [-0.1, -0.05) is 0 Å². The number of carbonyl (C=O) groups is 1. The fourth-order valence-electron chi connectivity index (χ4n) is 1.38. The van der Waals surface area contributed by atoms with Gasteiger partial charge in [0.1, 0.15) is 6.61 Å². The third kappa shape index (κ3) is 3.30. The number of hydrogen-bond acceptors (Lipinski definition) is 4. The molecule has 0 saturated carbocycles. The standard InChI is InChI=1S/C12H8BrF2NO2S/c13-6-1-7(19-5-6)4-18-12(17)8-2-9(14)10(15)3-11(8)16/h1-3,5H,4,16H2. The van der Waals surface area contributed by atoms with E-state index in [2.05, 4.69) is 15.9 Å². The first kappa shape index (κ1) is 14.0. The van der Waals surface area contributed by atoms with Crippen molar-refractivity contribution in [3.8, 4) is 0 Å². The molecule has 0 aliphatic carbocycles. The number of rotatable bonds is 3. The van der Waals surface area contributed by atoms with Crippen LogP contribution in [0.5, 0.6) is 0 Å². The van der Waals surface area contributed by atoms with E-state index in [1.54, 1.807) is 6.07 Å². The van der Waals surface area contributed by atoms with Gasteiger partial charge in [-0.25, -0.2) is 13.6 Å². The summed E-state index contributed by atoms with van der Waals surface area (Å²) in [5, 5.41) is 1.84. The number of esters is 1. The number of nitrogens with two attached hydrogens (primary N) is 1. The maximum Gasteiger partial charge on any atom is 0.340 e. The number of thiophene rings is 1. The van der Waals surface area contributed by atoms with Crippen molar-refractivity contribution in [3.63, 3.8) is 0 Å². The zero-order valence-corrected chi connectivity index (χ0v) is 11.9. The highest BCUT2D eigenvalue weighted by molar-refractivity contribution is 9.10. The lowest BCUT2D eigenvalue weighted by Gasteiger charge is -2.06. The Morgan fingerprint density at radius 3 is 2.63 bits per heavy atom. The molecule has 0 spiro atoms. The minimum atomic E-state index is -1.14. The Labute approximate surface area is 120 Å². The van der Waals surface area contributed by atoms with Gasteiger partial charge in [0, 0.05) is 26.5 Å². The zero-order valence-electron chi connectivity index (χ0n) is 9.45. The van der Waals surface area contributed by atoms with Crippen molar-refractivity contribution in [1.82, 2.24) is 0 Å². The summed E-state index contributed by atoms with van der Waals surface area (Å²) >= 11 is 4.68. The number of halogens is 3. The molecule has 0 aliphatic rings. The molecular formula is C12H8BrF2NO2S. The average molecular weight is 348 g/mol. The van der Waals surface area contributed by atoms with Crippen molar-refractivity contribution in [1.29, 1.82) is 0 Å². The predicted molar refractivity (Wildman–Crippen MR) is 71.9 cm³/mol. The van der Waals surface area contributed by atoms with Gasteiger partial charge >= 0.3 is 5.97 Å². The van der Waals surface area contributed by atoms with Gasteiger partial charge in [-0.15, -0.1) is 11.3 Å². The summed E-state index contributed by atoms with van der Waals surface area (Å²) in [6, 6.07) is 3.29. The molecule has 2 rings (SSSR count). The SMILES string of the molecule is Nc1cc(F)c(F)cc1C(=O)OCc1cc(Br)cs1. The molecule has 2 N–H and O–H groups in total. The number of anilines is 1. The molecular weight excluding hydrogens is 340 g/mol. The minimum absolute atomic E-state index is 0.0491. The second kappa shape index (κ2) is 5.66. The maximum absolute atomic E-state index is 13.0. The smallest absolute Gasteiger partial charge is 0.340 e. The summed E-state index contributed by atoms with van der Waals surface area (Å²) in [5.41, 5.74) is 5.11. The van der Waals surface area contributed by atoms with Crippen molar-refractivity contribution in [2.45, 2.75) is 6.61 Å². The molecule has 0 saturated heterocycles. The van der Waals surface area contributed by atoms with Crippen molar-refractivity contribution in [2.24, 2.45) is 0 Å². The van der Waals surface area contributed by atoms with E-state index in [1.807, 2.05) is 5.38 Å². The molecule has 19 heavy (non-hydrogen) atoms. The van der Waals surface area contributed by atoms with Gasteiger partial charge in [0.15, 0.2) is 11.6 Å². The number of nitrogen functional groups attached to an aromatic ring is 1. The zero-order chi connectivity index (χ0) is 14.0. The van der Waals surface area contributed by atoms with E-state index in [1.165, 1.54) is 11.3 Å². The van der Waals surface area contributed by atoms with E-state index in [9.17, 15) is 13.6 Å². The predicted octanol–water partition coefficient (Wildman–Crippen LogP) is 3.73. The van der Waals surface area contributed by atoms with Gasteiger partial charge in [-0.3, -0.25) is 0 Å². The normalized spacial score (nSPS) is 10.5. The summed E-state index contributed by atoms with van der Waals surface area (Å²) in [5.74, 6) is -3.03. The molecule has 3 nitrogen and oxygen atoms in total. The fourth-order valence-corrected chi connectivity index (χ4v) is 2.75. The monoisotopic (exact) mass is 347 g/mol. The lowest BCUT2D eigenvalue weighted by molar-refractivity contribution is 0.0477. The van der Waals surface area contributed by atoms with Crippen molar-refractivity contribution < 1.29 is 18.3 Å². The molecule has 0 bridgehead atoms. The minimum Gasteiger partial charge on any atom is -0.456 e. The highest BCUT2D eigenvalue weighted by Crippen LogP contribution is 2.22. The second-order valence-corrected chi connectivity index (χ2v) is 5.57. The van der Waals surface area contributed by atoms with Crippen LogP contribution in [0.3, 0.4) is 0 Å². The molecule has 1 aromatic heterocycles. The number of hydrogen-bond donors (Lipinski definition) is 1. The van der Waals surface area contributed by atoms with Crippen LogP contribution < -0.4 is 5.73 Å². The van der Waals surface area contributed by atoms with Crippen LogP contribution in [0.25, 0.3) is 0 Å². The Hall–Kier alpha value is -1.47. The summed E-state index contributed by atoms with van der Waals surface area (Å²) in [6.45, 7) is 0.0491. The Balaban J connectivity index is 2.10. The van der Waals surface area contributed by atoms with Crippen LogP contribution in [-0.4, -0.2) is 5.97 Å². The molecule has 0 fully saturated rings. The van der Waals surface area contributed by atoms with Gasteiger partial charge in [-0.2, -0.15) is 0 Å². The van der Waals surface area contributed by atoms with E-state index in [0.717, 1.165) is 21.5 Å². The summed E-state index contributed by atoms with van der Waals surface area (Å²) in [4.78, 5) is 12.5. The van der Waals surface area contributed by atoms with E-state index >= 15 is 0 Å². The fraction of sp³-hybridized carbons (Fsp3) is 0.0833. The maximum atomic E-state index is 13.0. The third-order valence-corrected chi connectivity index (χ3v) is 3.95. The van der Waals surface area contributed by atoms with Crippen LogP contribution >= 0.6 is 27.3 Å². The summed E-state index contributed by atoms with van der Waals surface area (Å²) in [7, 11) is 0. The molecule has 0 aliphatic heterocycles. The lowest BCUT2D eigenvalue weighted by Crippen LogP contribution is -2.09. The molecule has 0 atom stereocenters. The highest BCUT2D eigenvalue weighted by Gasteiger charge is 2.16. The summed E-state index contributed by atoms with van der Waals surface area (Å²) < 4.78 is 31.8. The number of benzene rings is 1. The molecule has 100 valence electrons. The van der Waals surface area contributed by atoms with E-state index in [0.29, 0.717) is 0 Å². The second-order valence-electron chi connectivity index (χ2n) is 3.66. The Kier molecular flexibility index (Phi) is 4.16. The topological polar surface area (TPSA) is 52.3 Å². The molecule has 1 aromatic carbocycles. The van der Waals surface area contributed by atoms with Crippen LogP contribution in [-0.2, 0) is 11.3 Å². The molecule has 2 aromatic rings. The first-order valence-corrected chi connectivity index (χ1v) is 6.79.